The van der Waals surface area contributed by atoms with Crippen LogP contribution in [0, 0.1) is 0 Å². The van der Waals surface area contributed by atoms with Crippen LogP contribution in [0.5, 0.6) is 17.2 Å². The Balaban J connectivity index is 1.78. The molecule has 0 amide bonds. The van der Waals surface area contributed by atoms with E-state index in [-0.39, 0.29) is 11.7 Å². The highest BCUT2D eigenvalue weighted by molar-refractivity contribution is 6.04. The number of carbonyl (C=O) groups excluding carboxylic acids is 2. The molecule has 4 rings (SSSR count). The second-order valence-corrected chi connectivity index (χ2v) is 9.59. The van der Waals surface area contributed by atoms with Crippen molar-refractivity contribution in [1.82, 2.24) is 5.32 Å². The summed E-state index contributed by atoms with van der Waals surface area (Å²) in [6.45, 7) is 6.66. The van der Waals surface area contributed by atoms with Gasteiger partial charge in [-0.1, -0.05) is 37.6 Å². The molecule has 202 valence electrons. The van der Waals surface area contributed by atoms with Gasteiger partial charge < -0.3 is 24.3 Å². The third-order valence-electron chi connectivity index (χ3n) is 7.19. The molecule has 0 aromatic heterocycles. The second kappa shape index (κ2) is 12.2. The quantitative estimate of drug-likeness (QED) is 0.313. The normalized spacial score (nSPS) is 19.0. The Morgan fingerprint density at radius 1 is 1.00 bits per heavy atom. The number of allylic oxidation sites excluding steroid dienone is 3. The van der Waals surface area contributed by atoms with Crippen molar-refractivity contribution in [3.05, 3.63) is 76.1 Å². The zero-order valence-electron chi connectivity index (χ0n) is 22.9. The molecule has 0 radical (unpaired) electrons. The van der Waals surface area contributed by atoms with Crippen LogP contribution in [-0.2, 0) is 14.3 Å². The maximum Gasteiger partial charge on any atom is 0.336 e. The molecule has 1 N–H and O–H groups in total. The number of para-hydroxylation sites is 1. The summed E-state index contributed by atoms with van der Waals surface area (Å²) >= 11 is 0. The molecule has 0 saturated carbocycles. The lowest BCUT2D eigenvalue weighted by molar-refractivity contribution is -0.139. The van der Waals surface area contributed by atoms with Gasteiger partial charge in [0.05, 0.1) is 38.9 Å². The van der Waals surface area contributed by atoms with E-state index in [1.54, 1.807) is 14.2 Å². The first-order chi connectivity index (χ1) is 18.4. The van der Waals surface area contributed by atoms with Crippen molar-refractivity contribution in [3.8, 4) is 17.2 Å². The van der Waals surface area contributed by atoms with Crippen molar-refractivity contribution >= 4 is 11.8 Å². The minimum Gasteiger partial charge on any atom is -0.494 e. The second-order valence-electron chi connectivity index (χ2n) is 9.59. The maximum atomic E-state index is 13.9. The Kier molecular flexibility index (Phi) is 8.77. The summed E-state index contributed by atoms with van der Waals surface area (Å²) in [5.74, 6) is 0.930. The largest absolute Gasteiger partial charge is 0.494 e. The van der Waals surface area contributed by atoms with Crippen LogP contribution in [-0.4, -0.2) is 39.2 Å². The Bertz CT molecular complexity index is 1260. The number of unbranched alkanes of at least 4 members (excludes halogenated alkanes) is 1. The summed E-state index contributed by atoms with van der Waals surface area (Å²) in [7, 11) is 3.21. The summed E-state index contributed by atoms with van der Waals surface area (Å²) in [6.07, 6.45) is 2.65. The number of ketones is 1. The number of Topliss-reactive ketones (excluding diaryl/α,β-unsaturated/α-hetero) is 1. The number of rotatable bonds is 10. The van der Waals surface area contributed by atoms with Gasteiger partial charge in [-0.3, -0.25) is 4.79 Å². The molecule has 7 nitrogen and oxygen atoms in total. The number of methoxy groups -OCH3 is 2. The highest BCUT2D eigenvalue weighted by Gasteiger charge is 2.42. The van der Waals surface area contributed by atoms with Gasteiger partial charge in [-0.25, -0.2) is 4.79 Å². The third-order valence-corrected chi connectivity index (χ3v) is 7.19. The molecule has 2 atom stereocenters. The fourth-order valence-electron chi connectivity index (χ4n) is 5.36. The molecule has 1 aliphatic heterocycles. The molecular weight excluding hydrogens is 482 g/mol. The molecule has 2 unspecified atom stereocenters. The van der Waals surface area contributed by atoms with Crippen LogP contribution in [0.2, 0.25) is 0 Å². The van der Waals surface area contributed by atoms with E-state index in [4.69, 9.17) is 18.9 Å². The van der Waals surface area contributed by atoms with Crippen LogP contribution < -0.4 is 19.5 Å². The van der Waals surface area contributed by atoms with Gasteiger partial charge in [-0.05, 0) is 56.4 Å². The number of carbonyl (C=O) groups is 2. The third kappa shape index (κ3) is 5.42. The van der Waals surface area contributed by atoms with Crippen molar-refractivity contribution in [1.29, 1.82) is 0 Å². The fourth-order valence-corrected chi connectivity index (χ4v) is 5.36. The van der Waals surface area contributed by atoms with Gasteiger partial charge in [0, 0.05) is 29.0 Å². The van der Waals surface area contributed by atoms with E-state index in [2.05, 4.69) is 5.32 Å². The zero-order chi connectivity index (χ0) is 27.2. The summed E-state index contributed by atoms with van der Waals surface area (Å²) < 4.78 is 22.5. The fraction of sp³-hybridized carbons (Fsp3) is 0.419. The minimum atomic E-state index is -0.568. The van der Waals surface area contributed by atoms with Gasteiger partial charge in [0.25, 0.3) is 0 Å². The van der Waals surface area contributed by atoms with Crippen LogP contribution >= 0.6 is 0 Å². The van der Waals surface area contributed by atoms with Crippen molar-refractivity contribution in [3.63, 3.8) is 0 Å². The predicted molar refractivity (Wildman–Crippen MR) is 146 cm³/mol. The van der Waals surface area contributed by atoms with E-state index in [1.807, 2.05) is 63.2 Å². The number of benzene rings is 2. The van der Waals surface area contributed by atoms with Crippen molar-refractivity contribution in [2.75, 3.05) is 27.4 Å². The van der Waals surface area contributed by atoms with E-state index in [0.29, 0.717) is 60.1 Å². The molecule has 2 aromatic carbocycles. The molecular formula is C31H37NO6. The molecule has 0 saturated heterocycles. The van der Waals surface area contributed by atoms with E-state index < -0.39 is 11.9 Å². The smallest absolute Gasteiger partial charge is 0.336 e. The van der Waals surface area contributed by atoms with Crippen LogP contribution in [0.1, 0.15) is 69.4 Å². The van der Waals surface area contributed by atoms with Crippen LogP contribution in [0.4, 0.5) is 0 Å². The SMILES string of the molecule is CCCCOC(=O)C1=C(C)NC2=C(C(=O)CC(c3ccc(OC)c(OC)c3)C2)C1c1ccccc1OCC. The molecule has 1 aliphatic carbocycles. The van der Waals surface area contributed by atoms with Crippen molar-refractivity contribution < 1.29 is 28.5 Å². The lowest BCUT2D eigenvalue weighted by Gasteiger charge is -2.37. The molecule has 0 spiro atoms. The van der Waals surface area contributed by atoms with Crippen molar-refractivity contribution in [2.24, 2.45) is 0 Å². The highest BCUT2D eigenvalue weighted by Crippen LogP contribution is 2.48. The first kappa shape index (κ1) is 27.3. The Morgan fingerprint density at radius 2 is 1.76 bits per heavy atom. The average Bonchev–Trinajstić information content (AvgIpc) is 2.92. The summed E-state index contributed by atoms with van der Waals surface area (Å²) in [4.78, 5) is 27.3. The molecule has 7 heteroatoms. The number of hydrogen-bond donors (Lipinski definition) is 1. The molecule has 0 bridgehead atoms. The Morgan fingerprint density at radius 3 is 2.47 bits per heavy atom. The molecule has 2 aliphatic rings. The first-order valence-electron chi connectivity index (χ1n) is 13.3. The Labute approximate surface area is 224 Å². The molecule has 1 heterocycles. The summed E-state index contributed by atoms with van der Waals surface area (Å²) in [5.41, 5.74) is 4.40. The van der Waals surface area contributed by atoms with E-state index in [9.17, 15) is 9.59 Å². The van der Waals surface area contributed by atoms with Gasteiger partial charge in [0.2, 0.25) is 0 Å². The first-order valence-corrected chi connectivity index (χ1v) is 13.3. The standard InChI is InChI=1S/C31H37NO6/c1-6-8-15-38-31(34)28-19(3)32-23-16-21(20-13-14-26(35-4)27(18-20)36-5)17-24(33)30(23)29(28)22-11-9-10-12-25(22)37-7-2/h9-14,18,21,29,32H,6-8,15-17H2,1-5H3. The van der Waals surface area contributed by atoms with E-state index in [1.165, 1.54) is 0 Å². The number of nitrogens with one attached hydrogen (secondary N) is 1. The lowest BCUT2D eigenvalue weighted by atomic mass is 9.71. The highest BCUT2D eigenvalue weighted by atomic mass is 16.5. The molecule has 2 aromatic rings. The van der Waals surface area contributed by atoms with Gasteiger partial charge >= 0.3 is 5.97 Å². The van der Waals surface area contributed by atoms with Crippen LogP contribution in [0.3, 0.4) is 0 Å². The lowest BCUT2D eigenvalue weighted by Crippen LogP contribution is -2.36. The molecule has 0 fully saturated rings. The van der Waals surface area contributed by atoms with Gasteiger partial charge in [-0.15, -0.1) is 0 Å². The van der Waals surface area contributed by atoms with Crippen molar-refractivity contribution in [2.45, 2.75) is 58.3 Å². The van der Waals surface area contributed by atoms with Gasteiger partial charge in [0.1, 0.15) is 5.75 Å². The minimum absolute atomic E-state index is 0.00111. The van der Waals surface area contributed by atoms with Gasteiger partial charge in [0.15, 0.2) is 17.3 Å². The molecule has 38 heavy (non-hydrogen) atoms. The number of dihydropyridines is 1. The predicted octanol–water partition coefficient (Wildman–Crippen LogP) is 5.81. The topological polar surface area (TPSA) is 83.1 Å². The maximum absolute atomic E-state index is 13.9. The average molecular weight is 520 g/mol. The number of ether oxygens (including phenoxy) is 4. The van der Waals surface area contributed by atoms with Gasteiger partial charge in [-0.2, -0.15) is 0 Å². The summed E-state index contributed by atoms with van der Waals surface area (Å²) in [6, 6.07) is 13.4. The summed E-state index contributed by atoms with van der Waals surface area (Å²) in [5, 5.41) is 3.41. The van der Waals surface area contributed by atoms with E-state index >= 15 is 0 Å². The number of esters is 1. The number of hydrogen-bond acceptors (Lipinski definition) is 7. The Hall–Kier alpha value is -3.74. The van der Waals surface area contributed by atoms with E-state index in [0.717, 1.165) is 29.7 Å². The monoisotopic (exact) mass is 519 g/mol. The zero-order valence-corrected chi connectivity index (χ0v) is 22.9. The van der Waals surface area contributed by atoms with Crippen LogP contribution in [0.25, 0.3) is 0 Å². The van der Waals surface area contributed by atoms with Crippen LogP contribution in [0.15, 0.2) is 65.0 Å².